The van der Waals surface area contributed by atoms with Gasteiger partial charge in [0, 0.05) is 20.1 Å². The van der Waals surface area contributed by atoms with Crippen LogP contribution in [0.15, 0.2) is 35.1 Å². The Kier molecular flexibility index (Phi) is 5.00. The molecule has 3 heterocycles. The van der Waals surface area contributed by atoms with Gasteiger partial charge in [-0.1, -0.05) is 41.7 Å². The lowest BCUT2D eigenvalue weighted by atomic mass is 10.1. The lowest BCUT2D eigenvalue weighted by Crippen LogP contribution is -2.43. The summed E-state index contributed by atoms with van der Waals surface area (Å²) in [7, 11) is 1.63. The van der Waals surface area contributed by atoms with Gasteiger partial charge in [-0.3, -0.25) is 14.2 Å². The van der Waals surface area contributed by atoms with Gasteiger partial charge in [-0.05, 0) is 31.2 Å². The van der Waals surface area contributed by atoms with Crippen molar-refractivity contribution in [2.45, 2.75) is 43.7 Å². The molecule has 1 saturated heterocycles. The number of hydrogen-bond acceptors (Lipinski definition) is 6. The number of alkyl halides is 1. The smallest absolute Gasteiger partial charge is 0.280 e. The number of carbonyl (C=O) groups is 1. The number of thiazole rings is 1. The number of amides is 1. The molecule has 9 heteroatoms. The van der Waals surface area contributed by atoms with E-state index >= 15 is 0 Å². The molecule has 2 aromatic heterocycles. The van der Waals surface area contributed by atoms with Gasteiger partial charge in [-0.15, -0.1) is 0 Å². The number of halogens is 1. The molecule has 2 aliphatic rings. The lowest BCUT2D eigenvalue weighted by Gasteiger charge is -2.23. The zero-order valence-electron chi connectivity index (χ0n) is 17.3. The monoisotopic (exact) mass is 441 g/mol. The van der Waals surface area contributed by atoms with E-state index < -0.39 is 12.1 Å². The summed E-state index contributed by atoms with van der Waals surface area (Å²) in [5.41, 5.74) is 0.449. The van der Waals surface area contributed by atoms with E-state index in [4.69, 9.17) is 0 Å². The SMILES string of the molecule is Cn1c(C2(CF)CC2)nc2sc(N3CCC[C@@H]3C(=O)NCc3ccccc3)nc2c1=O. The largest absolute Gasteiger partial charge is 0.350 e. The number of nitrogens with zero attached hydrogens (tertiary/aromatic N) is 4. The van der Waals surface area contributed by atoms with Crippen molar-refractivity contribution in [3.8, 4) is 0 Å². The number of hydrogen-bond donors (Lipinski definition) is 1. The Labute approximate surface area is 182 Å². The van der Waals surface area contributed by atoms with Gasteiger partial charge in [0.25, 0.3) is 5.56 Å². The molecule has 0 spiro atoms. The average Bonchev–Trinajstić information content (AvgIpc) is 3.22. The van der Waals surface area contributed by atoms with E-state index in [0.717, 1.165) is 18.4 Å². The van der Waals surface area contributed by atoms with E-state index in [2.05, 4.69) is 15.3 Å². The molecular formula is C22H24FN5O2S. The summed E-state index contributed by atoms with van der Waals surface area (Å²) >= 11 is 1.31. The number of anilines is 1. The fourth-order valence-corrected chi connectivity index (χ4v) is 5.29. The minimum absolute atomic E-state index is 0.0449. The summed E-state index contributed by atoms with van der Waals surface area (Å²) in [6.07, 6.45) is 3.02. The third-order valence-electron chi connectivity index (χ3n) is 6.32. The van der Waals surface area contributed by atoms with Crippen LogP contribution in [0.4, 0.5) is 9.52 Å². The zero-order chi connectivity index (χ0) is 21.6. The van der Waals surface area contributed by atoms with Crippen LogP contribution in [-0.4, -0.2) is 39.7 Å². The van der Waals surface area contributed by atoms with Gasteiger partial charge in [-0.25, -0.2) is 14.4 Å². The molecule has 1 aromatic carbocycles. The molecule has 31 heavy (non-hydrogen) atoms. The van der Waals surface area contributed by atoms with Crippen molar-refractivity contribution in [2.75, 3.05) is 18.1 Å². The highest BCUT2D eigenvalue weighted by Crippen LogP contribution is 2.47. The topological polar surface area (TPSA) is 80.1 Å². The molecule has 3 aromatic rings. The van der Waals surface area contributed by atoms with Gasteiger partial charge in [0.2, 0.25) is 5.91 Å². The highest BCUT2D eigenvalue weighted by molar-refractivity contribution is 7.21. The highest BCUT2D eigenvalue weighted by Gasteiger charge is 2.48. The zero-order valence-corrected chi connectivity index (χ0v) is 18.1. The fraction of sp³-hybridized carbons (Fsp3) is 0.455. The minimum atomic E-state index is -0.625. The van der Waals surface area contributed by atoms with Crippen molar-refractivity contribution < 1.29 is 9.18 Å². The first kappa shape index (κ1) is 20.1. The molecule has 1 atom stereocenters. The molecule has 1 aliphatic heterocycles. The number of carbonyl (C=O) groups excluding carboxylic acids is 1. The Morgan fingerprint density at radius 3 is 2.77 bits per heavy atom. The Balaban J connectivity index is 1.41. The van der Waals surface area contributed by atoms with Gasteiger partial charge in [0.15, 0.2) is 15.5 Å². The van der Waals surface area contributed by atoms with Gasteiger partial charge in [0.1, 0.15) is 18.5 Å². The third-order valence-corrected chi connectivity index (χ3v) is 7.31. The van der Waals surface area contributed by atoms with Gasteiger partial charge in [-0.2, -0.15) is 0 Å². The number of aromatic nitrogens is 3. The molecule has 1 amide bonds. The van der Waals surface area contributed by atoms with Crippen molar-refractivity contribution >= 4 is 32.7 Å². The Morgan fingerprint density at radius 1 is 1.29 bits per heavy atom. The average molecular weight is 442 g/mol. The van der Waals surface area contributed by atoms with Crippen LogP contribution in [0.5, 0.6) is 0 Å². The van der Waals surface area contributed by atoms with E-state index in [9.17, 15) is 14.0 Å². The predicted octanol–water partition coefficient (Wildman–Crippen LogP) is 2.68. The van der Waals surface area contributed by atoms with Crippen molar-refractivity contribution in [3.63, 3.8) is 0 Å². The maximum atomic E-state index is 13.6. The minimum Gasteiger partial charge on any atom is -0.350 e. The summed E-state index contributed by atoms with van der Waals surface area (Å²) in [5.74, 6) is 0.456. The van der Waals surface area contributed by atoms with Crippen LogP contribution in [0.25, 0.3) is 10.3 Å². The first-order chi connectivity index (χ1) is 15.0. The molecule has 5 rings (SSSR count). The van der Waals surface area contributed by atoms with Crippen molar-refractivity contribution in [2.24, 2.45) is 7.05 Å². The Hall–Kier alpha value is -2.81. The summed E-state index contributed by atoms with van der Waals surface area (Å²) in [6, 6.07) is 9.46. The van der Waals surface area contributed by atoms with Crippen LogP contribution < -0.4 is 15.8 Å². The molecule has 7 nitrogen and oxygen atoms in total. The summed E-state index contributed by atoms with van der Waals surface area (Å²) < 4.78 is 15.0. The Bertz CT molecular complexity index is 1190. The maximum absolute atomic E-state index is 13.6. The van der Waals surface area contributed by atoms with Crippen LogP contribution in [-0.2, 0) is 23.8 Å². The number of nitrogens with one attached hydrogen (secondary N) is 1. The highest BCUT2D eigenvalue weighted by atomic mass is 32.1. The van der Waals surface area contributed by atoms with Crippen LogP contribution in [0, 0.1) is 0 Å². The van der Waals surface area contributed by atoms with Crippen molar-refractivity contribution in [1.82, 2.24) is 19.9 Å². The van der Waals surface area contributed by atoms with Crippen molar-refractivity contribution in [3.05, 3.63) is 52.1 Å². The van der Waals surface area contributed by atoms with Gasteiger partial charge in [0.05, 0.1) is 5.41 Å². The third kappa shape index (κ3) is 3.50. The molecule has 2 fully saturated rings. The summed E-state index contributed by atoms with van der Waals surface area (Å²) in [5, 5.41) is 3.64. The number of fused-ring (bicyclic) bond motifs is 1. The standard InChI is InChI=1S/C22H24FN5O2S/c1-27-19(30)16-18(26-20(27)22(13-23)9-10-22)31-21(25-16)28-11-5-8-15(28)17(29)24-12-14-6-3-2-4-7-14/h2-4,6-7,15H,5,8-13H2,1H3,(H,24,29)/t15-/m1/s1. The molecule has 162 valence electrons. The van der Waals surface area contributed by atoms with Crippen LogP contribution in [0.1, 0.15) is 37.1 Å². The van der Waals surface area contributed by atoms with Crippen molar-refractivity contribution in [1.29, 1.82) is 0 Å². The predicted molar refractivity (Wildman–Crippen MR) is 118 cm³/mol. The molecule has 0 radical (unpaired) electrons. The quantitative estimate of drug-likeness (QED) is 0.636. The van der Waals surface area contributed by atoms with E-state index in [1.165, 1.54) is 15.9 Å². The fourth-order valence-electron chi connectivity index (χ4n) is 4.28. The maximum Gasteiger partial charge on any atom is 0.280 e. The first-order valence-electron chi connectivity index (χ1n) is 10.5. The van der Waals surface area contributed by atoms with E-state index in [0.29, 0.717) is 41.7 Å². The van der Waals surface area contributed by atoms with E-state index in [-0.39, 0.29) is 23.0 Å². The second-order valence-corrected chi connectivity index (χ2v) is 9.37. The van der Waals surface area contributed by atoms with Crippen LogP contribution >= 0.6 is 11.3 Å². The van der Waals surface area contributed by atoms with Gasteiger partial charge < -0.3 is 10.2 Å². The van der Waals surface area contributed by atoms with Crippen LogP contribution in [0.3, 0.4) is 0 Å². The lowest BCUT2D eigenvalue weighted by molar-refractivity contribution is -0.122. The van der Waals surface area contributed by atoms with E-state index in [1.807, 2.05) is 35.2 Å². The normalized spacial score (nSPS) is 19.7. The first-order valence-corrected chi connectivity index (χ1v) is 11.4. The molecule has 1 aliphatic carbocycles. The van der Waals surface area contributed by atoms with E-state index in [1.54, 1.807) is 7.05 Å². The second kappa shape index (κ2) is 7.71. The molecule has 1 N–H and O–H groups in total. The number of benzene rings is 1. The Morgan fingerprint density at radius 2 is 2.06 bits per heavy atom. The second-order valence-electron chi connectivity index (χ2n) is 8.42. The molecular weight excluding hydrogens is 417 g/mol. The molecule has 0 bridgehead atoms. The summed E-state index contributed by atoms with van der Waals surface area (Å²) in [6.45, 7) is 0.658. The summed E-state index contributed by atoms with van der Waals surface area (Å²) in [4.78, 5) is 37.4. The molecule has 1 saturated carbocycles. The van der Waals surface area contributed by atoms with Crippen LogP contribution in [0.2, 0.25) is 0 Å². The molecule has 0 unspecified atom stereocenters. The van der Waals surface area contributed by atoms with Gasteiger partial charge >= 0.3 is 0 Å². The number of rotatable bonds is 6.